The van der Waals surface area contributed by atoms with Gasteiger partial charge in [0.25, 0.3) is 0 Å². The zero-order valence-electron chi connectivity index (χ0n) is 43.0. The zero-order chi connectivity index (χ0) is 52.2. The third kappa shape index (κ3) is 16.4. The Bertz CT molecular complexity index is 2600. The lowest BCUT2D eigenvalue weighted by molar-refractivity contribution is -0.135. The fraction of sp³-hybridized carbons (Fsp3) is 0.538. The number of sulfonamides is 1. The van der Waals surface area contributed by atoms with Crippen LogP contribution in [0.4, 0.5) is 5.13 Å². The molecule has 2 aromatic carbocycles. The van der Waals surface area contributed by atoms with Gasteiger partial charge in [0, 0.05) is 46.8 Å². The summed E-state index contributed by atoms with van der Waals surface area (Å²) in [6.45, 7) is 20.9. The molecule has 18 heteroatoms. The highest BCUT2D eigenvalue weighted by Crippen LogP contribution is 2.44. The number of nitrogens with two attached hydrogens (primary N) is 1. The summed E-state index contributed by atoms with van der Waals surface area (Å²) in [6, 6.07) is 15.5. The van der Waals surface area contributed by atoms with Gasteiger partial charge in [-0.2, -0.15) is 0 Å². The van der Waals surface area contributed by atoms with Crippen molar-refractivity contribution < 1.29 is 22.8 Å². The Kier molecular flexibility index (Phi) is 24.5. The molecule has 3 fully saturated rings. The number of unbranched alkanes of at least 4 members (excludes halogenated alkanes) is 3. The quantitative estimate of drug-likeness (QED) is 0.0421. The van der Waals surface area contributed by atoms with Crippen LogP contribution in [0.25, 0.3) is 32.9 Å². The number of nitrogens with one attached hydrogen (secondary N) is 3. The first-order valence-electron chi connectivity index (χ1n) is 24.7. The first-order chi connectivity index (χ1) is 33.5. The molecule has 0 bridgehead atoms. The second kappa shape index (κ2) is 28.9. The van der Waals surface area contributed by atoms with Crippen LogP contribution >= 0.6 is 34.3 Å². The summed E-state index contributed by atoms with van der Waals surface area (Å²) in [5, 5.41) is 8.72. The fourth-order valence-corrected chi connectivity index (χ4v) is 10.5. The molecule has 1 aliphatic heterocycles. The second-order valence-electron chi connectivity index (χ2n) is 17.6. The highest BCUT2D eigenvalue weighted by Gasteiger charge is 2.52. The molecule has 2 aliphatic carbocycles. The van der Waals surface area contributed by atoms with Gasteiger partial charge in [-0.3, -0.25) is 23.7 Å². The molecule has 3 amide bonds. The molecule has 3 aliphatic rings. The summed E-state index contributed by atoms with van der Waals surface area (Å²) in [7, 11) is -3.47. The number of anilines is 1. The normalized spacial score (nSPS) is 17.3. The summed E-state index contributed by atoms with van der Waals surface area (Å²) in [6.07, 6.45) is 13.9. The molecule has 3 unspecified atom stereocenters. The molecular weight excluding hydrogens is 964 g/mol. The highest BCUT2D eigenvalue weighted by atomic mass is 35.5. The number of aromatic nitrogens is 4. The van der Waals surface area contributed by atoms with Crippen LogP contribution < -0.4 is 21.5 Å². The molecule has 0 spiro atoms. The van der Waals surface area contributed by atoms with E-state index in [0.29, 0.717) is 36.9 Å². The molecule has 14 nitrogen and oxygen atoms in total. The molecule has 4 heterocycles. The van der Waals surface area contributed by atoms with E-state index < -0.39 is 26.7 Å². The van der Waals surface area contributed by atoms with Crippen molar-refractivity contribution >= 4 is 78.2 Å². The van der Waals surface area contributed by atoms with Gasteiger partial charge in [-0.05, 0) is 89.7 Å². The van der Waals surface area contributed by atoms with Gasteiger partial charge in [-0.25, -0.2) is 23.2 Å². The smallest absolute Gasteiger partial charge is 0.326 e. The number of imidazole rings is 1. The maximum atomic E-state index is 12.2. The van der Waals surface area contributed by atoms with E-state index in [4.69, 9.17) is 10.7 Å². The van der Waals surface area contributed by atoms with E-state index in [-0.39, 0.29) is 41.9 Å². The largest absolute Gasteiger partial charge is 0.368 e. The number of thiazole rings is 2. The monoisotopic (exact) mass is 1040 g/mol. The first-order valence-corrected chi connectivity index (χ1v) is 28.7. The minimum Gasteiger partial charge on any atom is -0.368 e. The number of alkyl halides is 1. The van der Waals surface area contributed by atoms with Gasteiger partial charge in [0.2, 0.25) is 27.7 Å². The first kappa shape index (κ1) is 59.5. The average Bonchev–Trinajstić information content (AvgIpc) is 3.91. The number of aromatic amines is 1. The SMILES string of the molecule is CC.CC.CC(C)c1csc(-c2cccc3c2[nH]c(=O)n3C(C)C)n1.CCCCC/C=C\C1CC1C(=O)NS(=O)(=O)C1(C)CC1.CCl.NC(=O)C1CCCN1C(=O)CNc1nc(-c2ccccc2)cs1. The number of hydrogen-bond donors (Lipinski definition) is 4. The average molecular weight is 1040 g/mol. The molecule has 386 valence electrons. The molecule has 3 aromatic heterocycles. The van der Waals surface area contributed by atoms with Gasteiger partial charge in [-0.1, -0.05) is 110 Å². The number of primary amides is 1. The Morgan fingerprint density at radius 3 is 2.26 bits per heavy atom. The number of likely N-dealkylation sites (tertiary alicyclic amines) is 1. The highest BCUT2D eigenvalue weighted by molar-refractivity contribution is 7.91. The van der Waals surface area contributed by atoms with Crippen LogP contribution in [-0.4, -0.2) is 80.8 Å². The van der Waals surface area contributed by atoms with Crippen molar-refractivity contribution in [1.82, 2.24) is 29.1 Å². The molecule has 8 rings (SSSR count). The van der Waals surface area contributed by atoms with Gasteiger partial charge >= 0.3 is 5.69 Å². The van der Waals surface area contributed by atoms with Crippen LogP contribution in [0.5, 0.6) is 0 Å². The number of para-hydroxylation sites is 1. The summed E-state index contributed by atoms with van der Waals surface area (Å²) in [4.78, 5) is 61.4. The van der Waals surface area contributed by atoms with Crippen molar-refractivity contribution in [1.29, 1.82) is 0 Å². The van der Waals surface area contributed by atoms with Gasteiger partial charge in [0.15, 0.2) is 5.13 Å². The number of allylic oxidation sites excluding steroid dienone is 2. The summed E-state index contributed by atoms with van der Waals surface area (Å²) in [5.74, 6) is -0.373. The van der Waals surface area contributed by atoms with E-state index in [0.717, 1.165) is 57.8 Å². The van der Waals surface area contributed by atoms with Crippen LogP contribution in [0, 0.1) is 11.8 Å². The minimum absolute atomic E-state index is 0.0620. The van der Waals surface area contributed by atoms with Crippen molar-refractivity contribution in [2.75, 3.05) is 24.8 Å². The number of rotatable bonds is 16. The van der Waals surface area contributed by atoms with Crippen molar-refractivity contribution in [2.24, 2.45) is 17.6 Å². The van der Waals surface area contributed by atoms with Gasteiger partial charge in [0.05, 0.1) is 33.7 Å². The number of amides is 3. The van der Waals surface area contributed by atoms with Crippen molar-refractivity contribution in [3.63, 3.8) is 0 Å². The number of hydrogen-bond acceptors (Lipinski definition) is 11. The Morgan fingerprint density at radius 1 is 0.971 bits per heavy atom. The molecule has 1 saturated heterocycles. The zero-order valence-corrected chi connectivity index (χ0v) is 46.2. The number of nitrogens with zero attached hydrogens (tertiary/aromatic N) is 4. The van der Waals surface area contributed by atoms with E-state index in [1.807, 2.05) is 95.5 Å². The second-order valence-corrected chi connectivity index (χ2v) is 21.5. The van der Waals surface area contributed by atoms with E-state index >= 15 is 0 Å². The van der Waals surface area contributed by atoms with Crippen LogP contribution in [0.15, 0.2) is 76.2 Å². The molecular formula is C52H77ClN8O6S3. The van der Waals surface area contributed by atoms with E-state index in [9.17, 15) is 27.6 Å². The predicted molar refractivity (Wildman–Crippen MR) is 292 cm³/mol. The number of benzene rings is 2. The third-order valence-electron chi connectivity index (χ3n) is 11.9. The van der Waals surface area contributed by atoms with Crippen LogP contribution in [-0.2, 0) is 24.4 Å². The Hall–Kier alpha value is -4.84. The Morgan fingerprint density at radius 2 is 1.66 bits per heavy atom. The number of H-pyrrole nitrogens is 1. The summed E-state index contributed by atoms with van der Waals surface area (Å²) in [5.41, 5.74) is 11.1. The van der Waals surface area contributed by atoms with Crippen LogP contribution in [0.1, 0.15) is 145 Å². The molecule has 70 heavy (non-hydrogen) atoms. The molecule has 0 radical (unpaired) electrons. The topological polar surface area (TPSA) is 202 Å². The van der Waals surface area contributed by atoms with E-state index in [1.54, 1.807) is 27.7 Å². The van der Waals surface area contributed by atoms with Crippen LogP contribution in [0.2, 0.25) is 0 Å². The van der Waals surface area contributed by atoms with Crippen LogP contribution in [0.3, 0.4) is 0 Å². The lowest BCUT2D eigenvalue weighted by Crippen LogP contribution is -2.45. The van der Waals surface area contributed by atoms with Gasteiger partial charge in [-0.15, -0.1) is 34.3 Å². The number of fused-ring (bicyclic) bond motifs is 1. The maximum Gasteiger partial charge on any atom is 0.326 e. The lowest BCUT2D eigenvalue weighted by atomic mass is 10.1. The third-order valence-corrected chi connectivity index (χ3v) is 15.7. The van der Waals surface area contributed by atoms with E-state index in [2.05, 4.69) is 69.9 Å². The van der Waals surface area contributed by atoms with Crippen molar-refractivity contribution in [2.45, 2.75) is 150 Å². The standard InChI is InChI=1S/C16H18N4O2S.C16H19N3OS.C15H25NO3S.2C2H6.CH3Cl/c17-15(22)13-7-4-8-20(13)14(21)9-18-16-19-12(10-23-16)11-5-2-1-3-6-11;1-9(2)12-8-21-15(17-12)11-6-5-7-13-14(11)18-16(20)19(13)10(3)4;1-3-4-5-6-7-8-12-11-13(12)14(17)16-20(18,19)15(2)9-10-15;3*1-2/h1-3,5-6,10,13H,4,7-9H2,(H2,17,22)(H,18,19);5-10H,1-4H3,(H,18,20);7-8,12-13H,3-6,9-11H2,1-2H3,(H,16,17);2*1-2H3;1H3/b;;8-7-;;;. The number of halogens is 1. The van der Waals surface area contributed by atoms with Crippen molar-refractivity contribution in [3.05, 3.63) is 87.6 Å². The molecule has 5 N–H and O–H groups in total. The van der Waals surface area contributed by atoms with Crippen molar-refractivity contribution in [3.8, 4) is 21.8 Å². The Balaban J connectivity index is 0.000000264. The molecule has 5 aromatic rings. The molecule has 2 saturated carbocycles. The summed E-state index contributed by atoms with van der Waals surface area (Å²) < 4.78 is 27.2. The summed E-state index contributed by atoms with van der Waals surface area (Å²) >= 11 is 7.72. The number of carbonyl (C=O) groups excluding carboxylic acids is 3. The Labute approximate surface area is 429 Å². The van der Waals surface area contributed by atoms with Gasteiger partial charge in [0.1, 0.15) is 11.0 Å². The fourth-order valence-electron chi connectivity index (χ4n) is 7.51. The minimum atomic E-state index is -3.47. The lowest BCUT2D eigenvalue weighted by Gasteiger charge is -2.22. The number of carbonyl (C=O) groups is 3. The maximum absolute atomic E-state index is 12.2. The predicted octanol–water partition coefficient (Wildman–Crippen LogP) is 11.5. The van der Waals surface area contributed by atoms with Gasteiger partial charge < -0.3 is 20.9 Å². The molecule has 3 atom stereocenters. The van der Waals surface area contributed by atoms with E-state index in [1.165, 1.54) is 37.0 Å².